The van der Waals surface area contributed by atoms with Gasteiger partial charge in [-0.3, -0.25) is 4.98 Å². The van der Waals surface area contributed by atoms with E-state index in [1.807, 2.05) is 12.1 Å². The summed E-state index contributed by atoms with van der Waals surface area (Å²) in [6.07, 6.45) is 3.40. The van der Waals surface area contributed by atoms with E-state index in [-0.39, 0.29) is 0 Å². The van der Waals surface area contributed by atoms with Crippen LogP contribution in [0, 0.1) is 0 Å². The summed E-state index contributed by atoms with van der Waals surface area (Å²) in [5.41, 5.74) is 0.315. The van der Waals surface area contributed by atoms with Crippen molar-refractivity contribution in [3.8, 4) is 0 Å². The van der Waals surface area contributed by atoms with Crippen molar-refractivity contribution in [3.05, 3.63) is 30.1 Å². The highest BCUT2D eigenvalue weighted by atomic mass is 16.6. The SMILES string of the molecule is CC(C)(C)OC(=O)NC(CCc1ccncc1)C(=O)O. The molecule has 6 heteroatoms. The van der Waals surface area contributed by atoms with Gasteiger partial charge in [-0.05, 0) is 51.3 Å². The molecule has 1 aromatic heterocycles. The molecule has 1 unspecified atom stereocenters. The van der Waals surface area contributed by atoms with Gasteiger partial charge in [0.25, 0.3) is 0 Å². The average molecular weight is 280 g/mol. The minimum absolute atomic E-state index is 0.290. The number of nitrogens with one attached hydrogen (secondary N) is 1. The Morgan fingerprint density at radius 3 is 2.45 bits per heavy atom. The number of carboxylic acids is 1. The molecule has 1 rings (SSSR count). The van der Waals surface area contributed by atoms with Gasteiger partial charge in [0.2, 0.25) is 0 Å². The molecular weight excluding hydrogens is 260 g/mol. The van der Waals surface area contributed by atoms with Crippen LogP contribution in [0.15, 0.2) is 24.5 Å². The van der Waals surface area contributed by atoms with Crippen LogP contribution in [0.25, 0.3) is 0 Å². The molecule has 0 spiro atoms. The lowest BCUT2D eigenvalue weighted by Crippen LogP contribution is -2.43. The van der Waals surface area contributed by atoms with E-state index in [9.17, 15) is 9.59 Å². The number of hydrogen-bond acceptors (Lipinski definition) is 4. The molecular formula is C14H20N2O4. The first-order chi connectivity index (χ1) is 9.28. The summed E-state index contributed by atoms with van der Waals surface area (Å²) >= 11 is 0. The fourth-order valence-electron chi connectivity index (χ4n) is 1.57. The molecule has 0 saturated heterocycles. The van der Waals surface area contributed by atoms with Gasteiger partial charge in [0, 0.05) is 12.4 Å². The summed E-state index contributed by atoms with van der Waals surface area (Å²) in [5, 5.41) is 11.5. The minimum Gasteiger partial charge on any atom is -0.480 e. The molecule has 0 aromatic carbocycles. The zero-order chi connectivity index (χ0) is 15.2. The van der Waals surface area contributed by atoms with Crippen molar-refractivity contribution in [1.82, 2.24) is 10.3 Å². The Hall–Kier alpha value is -2.11. The summed E-state index contributed by atoms with van der Waals surface area (Å²) in [6.45, 7) is 5.16. The monoisotopic (exact) mass is 280 g/mol. The van der Waals surface area contributed by atoms with Gasteiger partial charge in [0.1, 0.15) is 11.6 Å². The summed E-state index contributed by atoms with van der Waals surface area (Å²) in [4.78, 5) is 26.6. The number of nitrogens with zero attached hydrogens (tertiary/aromatic N) is 1. The molecule has 110 valence electrons. The van der Waals surface area contributed by atoms with E-state index in [4.69, 9.17) is 9.84 Å². The molecule has 1 amide bonds. The van der Waals surface area contributed by atoms with Crippen molar-refractivity contribution in [2.24, 2.45) is 0 Å². The van der Waals surface area contributed by atoms with Crippen molar-refractivity contribution in [3.63, 3.8) is 0 Å². The van der Waals surface area contributed by atoms with E-state index in [1.54, 1.807) is 33.2 Å². The highest BCUT2D eigenvalue weighted by molar-refractivity contribution is 5.80. The lowest BCUT2D eigenvalue weighted by atomic mass is 10.1. The zero-order valence-electron chi connectivity index (χ0n) is 11.9. The summed E-state index contributed by atoms with van der Waals surface area (Å²) in [5.74, 6) is -1.08. The number of carbonyl (C=O) groups is 2. The number of alkyl carbamates (subject to hydrolysis) is 1. The molecule has 0 aliphatic heterocycles. The minimum atomic E-state index is -1.08. The van der Waals surface area contributed by atoms with Crippen LogP contribution in [0.3, 0.4) is 0 Å². The van der Waals surface area contributed by atoms with E-state index < -0.39 is 23.7 Å². The number of hydrogen-bond donors (Lipinski definition) is 2. The number of aliphatic carboxylic acids is 1. The molecule has 0 bridgehead atoms. The fraction of sp³-hybridized carbons (Fsp3) is 0.500. The summed E-state index contributed by atoms with van der Waals surface area (Å²) in [6, 6.07) is 2.65. The molecule has 1 heterocycles. The summed E-state index contributed by atoms with van der Waals surface area (Å²) in [7, 11) is 0. The fourth-order valence-corrected chi connectivity index (χ4v) is 1.57. The Balaban J connectivity index is 2.53. The van der Waals surface area contributed by atoms with E-state index in [1.165, 1.54) is 0 Å². The highest BCUT2D eigenvalue weighted by Crippen LogP contribution is 2.08. The van der Waals surface area contributed by atoms with Crippen LogP contribution < -0.4 is 5.32 Å². The molecule has 0 fully saturated rings. The predicted octanol–water partition coefficient (Wildman–Crippen LogP) is 1.99. The first-order valence-corrected chi connectivity index (χ1v) is 6.39. The highest BCUT2D eigenvalue weighted by Gasteiger charge is 2.23. The number of aryl methyl sites for hydroxylation is 1. The van der Waals surface area contributed by atoms with Gasteiger partial charge >= 0.3 is 12.1 Å². The van der Waals surface area contributed by atoms with Gasteiger partial charge in [-0.25, -0.2) is 9.59 Å². The second-order valence-corrected chi connectivity index (χ2v) is 5.43. The molecule has 0 aliphatic rings. The standard InChI is InChI=1S/C14H20N2O4/c1-14(2,3)20-13(19)16-11(12(17)18)5-4-10-6-8-15-9-7-10/h6-9,11H,4-5H2,1-3H3,(H,16,19)(H,17,18). The van der Waals surface area contributed by atoms with Crippen LogP contribution in [0.2, 0.25) is 0 Å². The second-order valence-electron chi connectivity index (χ2n) is 5.43. The third-order valence-corrected chi connectivity index (χ3v) is 2.46. The van der Waals surface area contributed by atoms with E-state index >= 15 is 0 Å². The number of amides is 1. The molecule has 20 heavy (non-hydrogen) atoms. The largest absolute Gasteiger partial charge is 0.480 e. The maximum atomic E-state index is 11.6. The van der Waals surface area contributed by atoms with Crippen LogP contribution in [0.5, 0.6) is 0 Å². The molecule has 2 N–H and O–H groups in total. The Morgan fingerprint density at radius 2 is 1.95 bits per heavy atom. The third kappa shape index (κ3) is 6.17. The maximum absolute atomic E-state index is 11.6. The van der Waals surface area contributed by atoms with Gasteiger partial charge in [0.05, 0.1) is 0 Å². The van der Waals surface area contributed by atoms with Gasteiger partial charge in [0.15, 0.2) is 0 Å². The van der Waals surface area contributed by atoms with Crippen molar-refractivity contribution in [1.29, 1.82) is 0 Å². The Bertz CT molecular complexity index is 454. The number of rotatable bonds is 5. The van der Waals surface area contributed by atoms with Crippen LogP contribution in [-0.2, 0) is 16.0 Å². The molecule has 0 radical (unpaired) electrons. The molecule has 6 nitrogen and oxygen atoms in total. The second kappa shape index (κ2) is 6.88. The van der Waals surface area contributed by atoms with Gasteiger partial charge < -0.3 is 15.2 Å². The predicted molar refractivity (Wildman–Crippen MR) is 73.4 cm³/mol. The molecule has 1 aromatic rings. The topological polar surface area (TPSA) is 88.5 Å². The first kappa shape index (κ1) is 15.9. The number of pyridine rings is 1. The van der Waals surface area contributed by atoms with Crippen LogP contribution >= 0.6 is 0 Å². The zero-order valence-corrected chi connectivity index (χ0v) is 11.9. The van der Waals surface area contributed by atoms with Crippen molar-refractivity contribution < 1.29 is 19.4 Å². The average Bonchev–Trinajstić information content (AvgIpc) is 2.33. The first-order valence-electron chi connectivity index (χ1n) is 6.39. The van der Waals surface area contributed by atoms with Crippen molar-refractivity contribution in [2.45, 2.75) is 45.3 Å². The number of carbonyl (C=O) groups excluding carboxylic acids is 1. The quantitative estimate of drug-likeness (QED) is 0.861. The maximum Gasteiger partial charge on any atom is 0.408 e. The lowest BCUT2D eigenvalue weighted by Gasteiger charge is -2.22. The van der Waals surface area contributed by atoms with Crippen molar-refractivity contribution in [2.75, 3.05) is 0 Å². The van der Waals surface area contributed by atoms with E-state index in [0.29, 0.717) is 12.8 Å². The van der Waals surface area contributed by atoms with Gasteiger partial charge in [-0.2, -0.15) is 0 Å². The van der Waals surface area contributed by atoms with E-state index in [0.717, 1.165) is 5.56 Å². The molecule has 1 atom stereocenters. The third-order valence-electron chi connectivity index (χ3n) is 2.46. The Kier molecular flexibility index (Phi) is 5.49. The van der Waals surface area contributed by atoms with Crippen LogP contribution in [0.4, 0.5) is 4.79 Å². The van der Waals surface area contributed by atoms with Crippen LogP contribution in [-0.4, -0.2) is 33.8 Å². The van der Waals surface area contributed by atoms with Crippen LogP contribution in [0.1, 0.15) is 32.8 Å². The molecule has 0 aliphatic carbocycles. The number of ether oxygens (including phenoxy) is 1. The normalized spacial score (nSPS) is 12.6. The molecule has 0 saturated carbocycles. The van der Waals surface area contributed by atoms with E-state index in [2.05, 4.69) is 10.3 Å². The van der Waals surface area contributed by atoms with Crippen molar-refractivity contribution >= 4 is 12.1 Å². The Labute approximate surface area is 118 Å². The Morgan fingerprint density at radius 1 is 1.35 bits per heavy atom. The van der Waals surface area contributed by atoms with Gasteiger partial charge in [-0.1, -0.05) is 0 Å². The lowest BCUT2D eigenvalue weighted by molar-refractivity contribution is -0.139. The smallest absolute Gasteiger partial charge is 0.408 e. The summed E-state index contributed by atoms with van der Waals surface area (Å²) < 4.78 is 5.05. The number of aromatic nitrogens is 1. The number of carboxylic acid groups (broad SMARTS) is 1. The van der Waals surface area contributed by atoms with Gasteiger partial charge in [-0.15, -0.1) is 0 Å².